The van der Waals surface area contributed by atoms with E-state index in [-0.39, 0.29) is 11.4 Å². The first-order valence-electron chi connectivity index (χ1n) is 7.77. The van der Waals surface area contributed by atoms with Gasteiger partial charge in [0.05, 0.1) is 6.20 Å². The molecule has 0 radical (unpaired) electrons. The van der Waals surface area contributed by atoms with Gasteiger partial charge in [-0.15, -0.1) is 0 Å². The Bertz CT molecular complexity index is 800. The highest BCUT2D eigenvalue weighted by atomic mass is 32.2. The second-order valence-corrected chi connectivity index (χ2v) is 7.67. The Kier molecular flexibility index (Phi) is 4.27. The fraction of sp³-hybridized carbons (Fsp3) is 0.438. The molecule has 2 N–H and O–H groups in total. The molecule has 1 aromatic carbocycles. The molecule has 124 valence electrons. The van der Waals surface area contributed by atoms with Crippen LogP contribution in [-0.2, 0) is 28.6 Å². The Labute approximate surface area is 136 Å². The normalized spacial score (nSPS) is 21.1. The summed E-state index contributed by atoms with van der Waals surface area (Å²) in [6, 6.07) is 7.67. The van der Waals surface area contributed by atoms with Gasteiger partial charge in [0.25, 0.3) is 0 Å². The molecule has 2 aromatic rings. The molecule has 23 heavy (non-hydrogen) atoms. The third-order valence-electron chi connectivity index (χ3n) is 4.35. The highest BCUT2D eigenvalue weighted by Gasteiger charge is 2.35. The first-order valence-corrected chi connectivity index (χ1v) is 9.26. The van der Waals surface area contributed by atoms with Crippen LogP contribution in [0.5, 0.6) is 0 Å². The van der Waals surface area contributed by atoms with Crippen molar-refractivity contribution in [3.8, 4) is 0 Å². The van der Waals surface area contributed by atoms with Crippen LogP contribution < -0.4 is 4.72 Å². The van der Waals surface area contributed by atoms with E-state index in [2.05, 4.69) is 9.82 Å². The molecule has 1 aromatic heterocycles. The van der Waals surface area contributed by atoms with Gasteiger partial charge in [0.2, 0.25) is 10.0 Å². The molecule has 3 rings (SSSR count). The molecule has 6 nitrogen and oxygen atoms in total. The zero-order chi connectivity index (χ0) is 16.5. The average molecular weight is 335 g/mol. The summed E-state index contributed by atoms with van der Waals surface area (Å²) >= 11 is 0. The fourth-order valence-electron chi connectivity index (χ4n) is 3.04. The van der Waals surface area contributed by atoms with E-state index < -0.39 is 15.6 Å². The number of nitrogens with zero attached hydrogens (tertiary/aromatic N) is 2. The highest BCUT2D eigenvalue weighted by molar-refractivity contribution is 7.89. The van der Waals surface area contributed by atoms with Crippen molar-refractivity contribution in [1.29, 1.82) is 0 Å². The molecule has 0 amide bonds. The minimum atomic E-state index is -3.68. The minimum absolute atomic E-state index is 0.0380. The van der Waals surface area contributed by atoms with E-state index in [1.807, 2.05) is 31.2 Å². The van der Waals surface area contributed by atoms with Crippen LogP contribution in [0, 0.1) is 0 Å². The van der Waals surface area contributed by atoms with Crippen LogP contribution in [0.15, 0.2) is 41.6 Å². The summed E-state index contributed by atoms with van der Waals surface area (Å²) in [4.78, 5) is 0.118. The summed E-state index contributed by atoms with van der Waals surface area (Å²) in [5, 5.41) is 14.9. The first kappa shape index (κ1) is 16.2. The third kappa shape index (κ3) is 3.17. The number of benzene rings is 1. The zero-order valence-electron chi connectivity index (χ0n) is 13.1. The summed E-state index contributed by atoms with van der Waals surface area (Å²) in [5.74, 6) is 0. The van der Waals surface area contributed by atoms with Crippen LogP contribution in [-0.4, -0.2) is 29.8 Å². The first-order chi connectivity index (χ1) is 10.9. The number of nitrogens with one attached hydrogen (secondary N) is 1. The zero-order valence-corrected chi connectivity index (χ0v) is 13.9. The van der Waals surface area contributed by atoms with E-state index >= 15 is 0 Å². The summed E-state index contributed by atoms with van der Waals surface area (Å²) < 4.78 is 28.9. The van der Waals surface area contributed by atoms with Gasteiger partial charge in [-0.3, -0.25) is 4.68 Å². The Hall–Kier alpha value is -1.70. The number of sulfonamides is 1. The van der Waals surface area contributed by atoms with Crippen molar-refractivity contribution in [1.82, 2.24) is 14.5 Å². The van der Waals surface area contributed by atoms with Crippen LogP contribution in [0.3, 0.4) is 0 Å². The molecule has 1 heterocycles. The van der Waals surface area contributed by atoms with Crippen LogP contribution in [0.4, 0.5) is 0 Å². The number of hydrogen-bond donors (Lipinski definition) is 2. The van der Waals surface area contributed by atoms with Crippen LogP contribution in [0.1, 0.15) is 30.9 Å². The molecule has 0 spiro atoms. The Morgan fingerprint density at radius 1 is 1.39 bits per heavy atom. The lowest BCUT2D eigenvalue weighted by Gasteiger charge is -2.34. The van der Waals surface area contributed by atoms with Gasteiger partial charge in [0, 0.05) is 19.3 Å². The number of rotatable bonds is 5. The smallest absolute Gasteiger partial charge is 0.243 e. The molecular weight excluding hydrogens is 314 g/mol. The molecule has 0 saturated heterocycles. The average Bonchev–Trinajstić information content (AvgIpc) is 3.04. The minimum Gasteiger partial charge on any atom is -0.384 e. The summed E-state index contributed by atoms with van der Waals surface area (Å²) in [5.41, 5.74) is 0.736. The summed E-state index contributed by atoms with van der Waals surface area (Å²) in [7, 11) is -3.68. The van der Waals surface area contributed by atoms with Gasteiger partial charge >= 0.3 is 0 Å². The number of fused-ring (bicyclic) bond motifs is 1. The molecule has 1 aliphatic carbocycles. The predicted molar refractivity (Wildman–Crippen MR) is 86.4 cm³/mol. The maximum atomic E-state index is 12.4. The fourth-order valence-corrected chi connectivity index (χ4v) is 4.08. The van der Waals surface area contributed by atoms with Crippen molar-refractivity contribution in [2.24, 2.45) is 0 Å². The molecule has 0 bridgehead atoms. The van der Waals surface area contributed by atoms with Crippen LogP contribution in [0.25, 0.3) is 0 Å². The van der Waals surface area contributed by atoms with Gasteiger partial charge in [0.15, 0.2) is 0 Å². The topological polar surface area (TPSA) is 84.2 Å². The number of aromatic nitrogens is 2. The number of aliphatic hydroxyl groups is 1. The van der Waals surface area contributed by atoms with E-state index in [4.69, 9.17) is 0 Å². The third-order valence-corrected chi connectivity index (χ3v) is 5.71. The van der Waals surface area contributed by atoms with Crippen LogP contribution in [0.2, 0.25) is 0 Å². The quantitative estimate of drug-likeness (QED) is 0.865. The standard InChI is InChI=1S/C16H21N3O3S/c1-2-19-11-14(10-17-19)23(21,22)18-12-16(20)9-5-7-13-6-3-4-8-15(13)16/h3-4,6,8,10-11,18,20H,2,5,7,9,12H2,1H3/t16-/m1/s1. The predicted octanol–water partition coefficient (Wildman–Crippen LogP) is 1.41. The van der Waals surface area contributed by atoms with Gasteiger partial charge in [-0.1, -0.05) is 24.3 Å². The maximum absolute atomic E-state index is 12.4. The summed E-state index contributed by atoms with van der Waals surface area (Å²) in [6.45, 7) is 2.45. The van der Waals surface area contributed by atoms with Crippen molar-refractivity contribution in [2.75, 3.05) is 6.54 Å². The van der Waals surface area contributed by atoms with E-state index in [0.717, 1.165) is 24.0 Å². The van der Waals surface area contributed by atoms with Crippen molar-refractivity contribution in [3.63, 3.8) is 0 Å². The SMILES string of the molecule is CCn1cc(S(=O)(=O)NC[C@]2(O)CCCc3ccccc32)cn1. The second-order valence-electron chi connectivity index (χ2n) is 5.90. The Morgan fingerprint density at radius 2 is 2.17 bits per heavy atom. The van der Waals surface area contributed by atoms with Gasteiger partial charge in [-0.05, 0) is 37.3 Å². The molecule has 1 atom stereocenters. The molecule has 0 fully saturated rings. The molecule has 1 aliphatic rings. The van der Waals surface area contributed by atoms with Crippen molar-refractivity contribution < 1.29 is 13.5 Å². The highest BCUT2D eigenvalue weighted by Crippen LogP contribution is 2.34. The van der Waals surface area contributed by atoms with E-state index in [0.29, 0.717) is 13.0 Å². The largest absolute Gasteiger partial charge is 0.384 e. The van der Waals surface area contributed by atoms with E-state index in [1.165, 1.54) is 12.4 Å². The van der Waals surface area contributed by atoms with Gasteiger partial charge in [0.1, 0.15) is 10.5 Å². The Morgan fingerprint density at radius 3 is 2.91 bits per heavy atom. The van der Waals surface area contributed by atoms with Crippen molar-refractivity contribution in [3.05, 3.63) is 47.8 Å². The number of hydrogen-bond acceptors (Lipinski definition) is 4. The molecule has 7 heteroatoms. The van der Waals surface area contributed by atoms with Gasteiger partial charge in [-0.2, -0.15) is 5.10 Å². The lowest BCUT2D eigenvalue weighted by atomic mass is 9.79. The molecule has 0 saturated carbocycles. The lowest BCUT2D eigenvalue weighted by Crippen LogP contribution is -2.42. The molecule has 0 aliphatic heterocycles. The molecule has 0 unspecified atom stereocenters. The van der Waals surface area contributed by atoms with E-state index in [1.54, 1.807) is 4.68 Å². The number of aryl methyl sites for hydroxylation is 2. The monoisotopic (exact) mass is 335 g/mol. The second kappa shape index (κ2) is 6.07. The summed E-state index contributed by atoms with van der Waals surface area (Å²) in [6.07, 6.45) is 5.10. The van der Waals surface area contributed by atoms with E-state index in [9.17, 15) is 13.5 Å². The van der Waals surface area contributed by atoms with Crippen molar-refractivity contribution in [2.45, 2.75) is 43.2 Å². The van der Waals surface area contributed by atoms with Gasteiger partial charge < -0.3 is 5.11 Å². The van der Waals surface area contributed by atoms with Gasteiger partial charge in [-0.25, -0.2) is 13.1 Å². The maximum Gasteiger partial charge on any atom is 0.243 e. The van der Waals surface area contributed by atoms with Crippen LogP contribution >= 0.6 is 0 Å². The van der Waals surface area contributed by atoms with Crippen molar-refractivity contribution >= 4 is 10.0 Å². The Balaban J connectivity index is 1.80. The lowest BCUT2D eigenvalue weighted by molar-refractivity contribution is 0.0243. The molecular formula is C16H21N3O3S.